The summed E-state index contributed by atoms with van der Waals surface area (Å²) >= 11 is 15.2. The lowest BCUT2D eigenvalue weighted by Crippen LogP contribution is -2.29. The van der Waals surface area contributed by atoms with Crippen LogP contribution in [0.2, 0.25) is 5.02 Å². The second-order valence-electron chi connectivity index (χ2n) is 5.92. The third-order valence-corrected chi connectivity index (χ3v) is 6.87. The maximum absolute atomic E-state index is 13.1. The van der Waals surface area contributed by atoms with Crippen molar-refractivity contribution < 1.29 is 4.79 Å². The zero-order valence-corrected chi connectivity index (χ0v) is 17.4. The van der Waals surface area contributed by atoms with Gasteiger partial charge in [-0.3, -0.25) is 9.59 Å². The molecule has 0 saturated heterocycles. The predicted octanol–water partition coefficient (Wildman–Crippen LogP) is 4.95. The molecule has 0 fully saturated rings. The fraction of sp³-hybridized carbons (Fsp3) is 0.235. The topological polar surface area (TPSA) is 54.9 Å². The molecule has 128 valence electrons. The Hall–Kier alpha value is -1.03. The molecule has 25 heavy (non-hydrogen) atoms. The van der Waals surface area contributed by atoms with Gasteiger partial charge in [-0.2, -0.15) is 0 Å². The van der Waals surface area contributed by atoms with Crippen molar-refractivity contribution in [1.82, 2.24) is 9.55 Å². The number of hydrogen-bond acceptors (Lipinski definition) is 4. The quantitative estimate of drug-likeness (QED) is 0.379. The molecule has 1 aliphatic rings. The standard InChI is InChI=1S/C17H12ClIN2O2S2/c18-11-6-5-8(19)7-10(11)15(22)21-16(23)13-9-3-1-2-4-12(9)25-14(13)20-17(21)24/h5-7H,1-4H2,(H,20,24). The summed E-state index contributed by atoms with van der Waals surface area (Å²) in [6.45, 7) is 0. The van der Waals surface area contributed by atoms with Crippen LogP contribution in [0.15, 0.2) is 23.0 Å². The number of fused-ring (bicyclic) bond motifs is 3. The number of carbonyl (C=O) groups is 1. The summed E-state index contributed by atoms with van der Waals surface area (Å²) in [5.41, 5.74) is 0.995. The molecule has 2 aromatic heterocycles. The van der Waals surface area contributed by atoms with Gasteiger partial charge in [0.25, 0.3) is 11.5 Å². The summed E-state index contributed by atoms with van der Waals surface area (Å²) in [7, 11) is 0. The van der Waals surface area contributed by atoms with Gasteiger partial charge < -0.3 is 4.98 Å². The molecule has 0 saturated carbocycles. The minimum absolute atomic E-state index is 0.107. The lowest BCUT2D eigenvalue weighted by Gasteiger charge is -2.11. The van der Waals surface area contributed by atoms with E-state index in [2.05, 4.69) is 27.6 Å². The van der Waals surface area contributed by atoms with Gasteiger partial charge in [-0.05, 0) is 84.3 Å². The number of benzene rings is 1. The Morgan fingerprint density at radius 3 is 2.88 bits per heavy atom. The molecule has 0 aliphatic heterocycles. The lowest BCUT2D eigenvalue weighted by atomic mass is 9.97. The van der Waals surface area contributed by atoms with Gasteiger partial charge in [0.05, 0.1) is 16.0 Å². The Labute approximate surface area is 171 Å². The third kappa shape index (κ3) is 2.90. The van der Waals surface area contributed by atoms with Crippen molar-refractivity contribution in [3.05, 3.63) is 57.9 Å². The first kappa shape index (κ1) is 17.4. The molecule has 4 nitrogen and oxygen atoms in total. The van der Waals surface area contributed by atoms with Crippen LogP contribution < -0.4 is 5.56 Å². The molecular formula is C17H12ClIN2O2S2. The van der Waals surface area contributed by atoms with E-state index >= 15 is 0 Å². The number of nitrogens with one attached hydrogen (secondary N) is 1. The zero-order chi connectivity index (χ0) is 17.7. The summed E-state index contributed by atoms with van der Waals surface area (Å²) in [4.78, 5) is 31.2. The van der Waals surface area contributed by atoms with E-state index in [1.807, 2.05) is 6.07 Å². The number of rotatable bonds is 1. The van der Waals surface area contributed by atoms with Crippen LogP contribution in [0.5, 0.6) is 0 Å². The Morgan fingerprint density at radius 1 is 1.32 bits per heavy atom. The van der Waals surface area contributed by atoms with Crippen molar-refractivity contribution in [2.75, 3.05) is 0 Å². The highest BCUT2D eigenvalue weighted by Crippen LogP contribution is 2.33. The summed E-state index contributed by atoms with van der Waals surface area (Å²) < 4.78 is 2.01. The third-order valence-electron chi connectivity index (χ3n) is 4.37. The average Bonchev–Trinajstić information content (AvgIpc) is 2.95. The molecule has 0 atom stereocenters. The molecule has 1 aliphatic carbocycles. The monoisotopic (exact) mass is 502 g/mol. The maximum atomic E-state index is 13.1. The number of hydrogen-bond donors (Lipinski definition) is 1. The molecule has 1 aromatic carbocycles. The summed E-state index contributed by atoms with van der Waals surface area (Å²) in [6, 6.07) is 5.13. The van der Waals surface area contributed by atoms with E-state index in [9.17, 15) is 9.59 Å². The van der Waals surface area contributed by atoms with Crippen molar-refractivity contribution in [2.45, 2.75) is 25.7 Å². The van der Waals surface area contributed by atoms with Crippen LogP contribution in [0.4, 0.5) is 0 Å². The molecule has 0 radical (unpaired) electrons. The molecule has 0 bridgehead atoms. The van der Waals surface area contributed by atoms with Gasteiger partial charge in [-0.25, -0.2) is 4.57 Å². The van der Waals surface area contributed by atoms with E-state index < -0.39 is 5.91 Å². The van der Waals surface area contributed by atoms with E-state index in [0.717, 1.165) is 44.2 Å². The van der Waals surface area contributed by atoms with Gasteiger partial charge in [-0.15, -0.1) is 11.3 Å². The van der Waals surface area contributed by atoms with Crippen LogP contribution in [-0.2, 0) is 12.8 Å². The van der Waals surface area contributed by atoms with Gasteiger partial charge in [0, 0.05) is 8.45 Å². The highest BCUT2D eigenvalue weighted by atomic mass is 127. The highest BCUT2D eigenvalue weighted by Gasteiger charge is 2.23. The minimum atomic E-state index is -0.493. The predicted molar refractivity (Wildman–Crippen MR) is 112 cm³/mol. The number of nitrogens with zero attached hydrogens (tertiary/aromatic N) is 1. The largest absolute Gasteiger partial charge is 0.323 e. The molecule has 4 rings (SSSR count). The number of aromatic nitrogens is 2. The number of aryl methyl sites for hydroxylation is 2. The molecule has 0 amide bonds. The number of carbonyl (C=O) groups excluding carboxylic acids is 1. The Morgan fingerprint density at radius 2 is 2.08 bits per heavy atom. The molecule has 0 unspecified atom stereocenters. The molecular weight excluding hydrogens is 491 g/mol. The van der Waals surface area contributed by atoms with E-state index in [-0.39, 0.29) is 15.9 Å². The first-order valence-electron chi connectivity index (χ1n) is 7.76. The fourth-order valence-corrected chi connectivity index (χ4v) is 5.51. The average molecular weight is 503 g/mol. The lowest BCUT2D eigenvalue weighted by molar-refractivity contribution is 0.0953. The first-order valence-corrected chi connectivity index (χ1v) is 10.4. The second kappa shape index (κ2) is 6.61. The van der Waals surface area contributed by atoms with Crippen molar-refractivity contribution in [3.8, 4) is 0 Å². The summed E-state index contributed by atoms with van der Waals surface area (Å²) in [6.07, 6.45) is 4.04. The fourth-order valence-electron chi connectivity index (χ4n) is 3.20. The zero-order valence-electron chi connectivity index (χ0n) is 12.9. The number of thiophene rings is 1. The van der Waals surface area contributed by atoms with Crippen molar-refractivity contribution in [1.29, 1.82) is 0 Å². The SMILES string of the molecule is O=C(c1cc(I)ccc1Cl)n1c(=S)[nH]c2sc3c(c2c1=O)CCCC3. The smallest absolute Gasteiger partial charge is 0.270 e. The van der Waals surface area contributed by atoms with Gasteiger partial charge in [0.1, 0.15) is 4.83 Å². The van der Waals surface area contributed by atoms with Crippen LogP contribution in [0.25, 0.3) is 10.2 Å². The van der Waals surface area contributed by atoms with E-state index in [1.165, 1.54) is 4.88 Å². The van der Waals surface area contributed by atoms with Crippen LogP contribution in [0.1, 0.15) is 33.6 Å². The summed E-state index contributed by atoms with van der Waals surface area (Å²) in [5, 5.41) is 0.905. The van der Waals surface area contributed by atoms with E-state index in [1.54, 1.807) is 23.5 Å². The normalized spacial score (nSPS) is 13.8. The Kier molecular flexibility index (Phi) is 4.59. The first-order chi connectivity index (χ1) is 12.0. The minimum Gasteiger partial charge on any atom is -0.323 e. The highest BCUT2D eigenvalue weighted by molar-refractivity contribution is 14.1. The van der Waals surface area contributed by atoms with E-state index in [0.29, 0.717) is 10.4 Å². The van der Waals surface area contributed by atoms with Gasteiger partial charge in [-0.1, -0.05) is 11.6 Å². The van der Waals surface area contributed by atoms with Crippen molar-refractivity contribution >= 4 is 73.9 Å². The molecule has 8 heteroatoms. The molecule has 3 aromatic rings. The van der Waals surface area contributed by atoms with Crippen molar-refractivity contribution in [2.24, 2.45) is 0 Å². The van der Waals surface area contributed by atoms with Gasteiger partial charge in [0.2, 0.25) is 0 Å². The maximum Gasteiger partial charge on any atom is 0.270 e. The van der Waals surface area contributed by atoms with Gasteiger partial charge >= 0.3 is 0 Å². The van der Waals surface area contributed by atoms with Crippen LogP contribution in [-0.4, -0.2) is 15.5 Å². The number of H-pyrrole nitrogens is 1. The van der Waals surface area contributed by atoms with E-state index in [4.69, 9.17) is 23.8 Å². The van der Waals surface area contributed by atoms with Crippen LogP contribution in [0, 0.1) is 8.34 Å². The number of halogens is 2. The van der Waals surface area contributed by atoms with Crippen molar-refractivity contribution in [3.63, 3.8) is 0 Å². The second-order valence-corrected chi connectivity index (χ2v) is 9.06. The Balaban J connectivity index is 1.99. The molecule has 1 N–H and O–H groups in total. The summed E-state index contributed by atoms with van der Waals surface area (Å²) in [5.74, 6) is -0.493. The number of aromatic amines is 1. The Bertz CT molecular complexity index is 1150. The van der Waals surface area contributed by atoms with Crippen LogP contribution in [0.3, 0.4) is 0 Å². The van der Waals surface area contributed by atoms with Crippen LogP contribution >= 0.6 is 57.7 Å². The van der Waals surface area contributed by atoms with Gasteiger partial charge in [0.15, 0.2) is 4.77 Å². The molecule has 0 spiro atoms. The molecule has 2 heterocycles.